The summed E-state index contributed by atoms with van der Waals surface area (Å²) >= 11 is 0. The lowest BCUT2D eigenvalue weighted by Crippen LogP contribution is -2.46. The molecule has 1 aromatic rings. The fraction of sp³-hybridized carbons (Fsp3) is 0.538. The van der Waals surface area contributed by atoms with Crippen molar-refractivity contribution in [1.29, 1.82) is 0 Å². The molecule has 0 saturated carbocycles. The molecule has 0 bridgehead atoms. The Balaban J connectivity index is 1.88. The zero-order chi connectivity index (χ0) is 14.5. The van der Waals surface area contributed by atoms with Gasteiger partial charge in [0.15, 0.2) is 0 Å². The van der Waals surface area contributed by atoms with Crippen LogP contribution in [0.4, 0.5) is 0 Å². The number of aromatic nitrogens is 1. The predicted octanol–water partition coefficient (Wildman–Crippen LogP) is -0.367. The number of carbonyl (C=O) groups excluding carboxylic acids is 1. The Labute approximate surface area is 117 Å². The third kappa shape index (κ3) is 3.82. The number of carboxylic acids is 1. The van der Waals surface area contributed by atoms with Gasteiger partial charge in [-0.2, -0.15) is 0 Å². The Morgan fingerprint density at radius 2 is 2.35 bits per heavy atom. The molecule has 1 amide bonds. The molecule has 0 spiro atoms. The van der Waals surface area contributed by atoms with E-state index in [0.29, 0.717) is 18.8 Å². The molecule has 0 aromatic carbocycles. The number of hydrogen-bond donors (Lipinski definition) is 2. The number of likely N-dealkylation sites (N-methyl/N-ethyl adjacent to an activating group) is 1. The van der Waals surface area contributed by atoms with Crippen molar-refractivity contribution in [3.05, 3.63) is 24.0 Å². The summed E-state index contributed by atoms with van der Waals surface area (Å²) < 4.78 is 6.96. The van der Waals surface area contributed by atoms with Crippen LogP contribution in [0.25, 0.3) is 0 Å². The highest BCUT2D eigenvalue weighted by Crippen LogP contribution is 2.04. The minimum absolute atomic E-state index is 0.0272. The van der Waals surface area contributed by atoms with Crippen molar-refractivity contribution in [1.82, 2.24) is 14.8 Å². The van der Waals surface area contributed by atoms with E-state index >= 15 is 0 Å². The van der Waals surface area contributed by atoms with Crippen molar-refractivity contribution in [2.45, 2.75) is 12.6 Å². The zero-order valence-corrected chi connectivity index (χ0v) is 11.4. The maximum atomic E-state index is 12.0. The second kappa shape index (κ2) is 6.53. The SMILES string of the molecule is CN1CCOC(CNC(=O)c2cccn2CC(=O)O)C1. The van der Waals surface area contributed by atoms with Gasteiger partial charge in [0.1, 0.15) is 12.2 Å². The maximum Gasteiger partial charge on any atom is 0.323 e. The summed E-state index contributed by atoms with van der Waals surface area (Å²) in [6, 6.07) is 3.26. The molecule has 1 fully saturated rings. The van der Waals surface area contributed by atoms with Crippen molar-refractivity contribution in [2.24, 2.45) is 0 Å². The largest absolute Gasteiger partial charge is 0.480 e. The number of carboxylic acid groups (broad SMARTS) is 1. The highest BCUT2D eigenvalue weighted by molar-refractivity contribution is 5.93. The van der Waals surface area contributed by atoms with E-state index in [9.17, 15) is 9.59 Å². The van der Waals surface area contributed by atoms with Crippen LogP contribution >= 0.6 is 0 Å². The van der Waals surface area contributed by atoms with E-state index in [1.165, 1.54) is 4.57 Å². The van der Waals surface area contributed by atoms with Crippen molar-refractivity contribution in [3.8, 4) is 0 Å². The molecule has 2 heterocycles. The summed E-state index contributed by atoms with van der Waals surface area (Å²) in [6.07, 6.45) is 1.55. The molecule has 1 unspecified atom stereocenters. The van der Waals surface area contributed by atoms with Gasteiger partial charge in [0, 0.05) is 25.8 Å². The molecule has 110 valence electrons. The Bertz CT molecular complexity index is 486. The monoisotopic (exact) mass is 281 g/mol. The number of rotatable bonds is 5. The summed E-state index contributed by atoms with van der Waals surface area (Å²) in [5, 5.41) is 11.6. The summed E-state index contributed by atoms with van der Waals surface area (Å²) in [7, 11) is 2.01. The maximum absolute atomic E-state index is 12.0. The molecule has 2 rings (SSSR count). The number of aliphatic carboxylic acids is 1. The predicted molar refractivity (Wildman–Crippen MR) is 71.6 cm³/mol. The third-order valence-electron chi connectivity index (χ3n) is 3.20. The standard InChI is InChI=1S/C13H19N3O4/c1-15-5-6-20-10(8-15)7-14-13(19)11-3-2-4-16(11)9-12(17)18/h2-4,10H,5-9H2,1H3,(H,14,19)(H,17,18). The molecular weight excluding hydrogens is 262 g/mol. The minimum Gasteiger partial charge on any atom is -0.480 e. The molecule has 1 saturated heterocycles. The van der Waals surface area contributed by atoms with Gasteiger partial charge < -0.3 is 24.6 Å². The van der Waals surface area contributed by atoms with Gasteiger partial charge in [-0.3, -0.25) is 9.59 Å². The van der Waals surface area contributed by atoms with E-state index < -0.39 is 5.97 Å². The molecular formula is C13H19N3O4. The van der Waals surface area contributed by atoms with Crippen LogP contribution in [0.15, 0.2) is 18.3 Å². The van der Waals surface area contributed by atoms with Gasteiger partial charge >= 0.3 is 5.97 Å². The van der Waals surface area contributed by atoms with Crippen LogP contribution in [-0.4, -0.2) is 65.8 Å². The number of hydrogen-bond acceptors (Lipinski definition) is 4. The normalized spacial score (nSPS) is 19.8. The van der Waals surface area contributed by atoms with Crippen LogP contribution in [0, 0.1) is 0 Å². The number of carbonyl (C=O) groups is 2. The first-order chi connectivity index (χ1) is 9.56. The van der Waals surface area contributed by atoms with Gasteiger partial charge in [-0.25, -0.2) is 0 Å². The molecule has 20 heavy (non-hydrogen) atoms. The van der Waals surface area contributed by atoms with E-state index in [1.54, 1.807) is 18.3 Å². The van der Waals surface area contributed by atoms with E-state index in [2.05, 4.69) is 10.2 Å². The fourth-order valence-corrected chi connectivity index (χ4v) is 2.19. The summed E-state index contributed by atoms with van der Waals surface area (Å²) in [6.45, 7) is 2.52. The summed E-state index contributed by atoms with van der Waals surface area (Å²) in [5.41, 5.74) is 0.344. The van der Waals surface area contributed by atoms with Gasteiger partial charge in [-0.05, 0) is 19.2 Å². The molecule has 2 N–H and O–H groups in total. The molecule has 1 aromatic heterocycles. The van der Waals surface area contributed by atoms with E-state index in [1.807, 2.05) is 7.05 Å². The van der Waals surface area contributed by atoms with Crippen molar-refractivity contribution in [2.75, 3.05) is 33.3 Å². The fourth-order valence-electron chi connectivity index (χ4n) is 2.19. The Hall–Kier alpha value is -1.86. The van der Waals surface area contributed by atoms with Crippen LogP contribution in [0.2, 0.25) is 0 Å². The van der Waals surface area contributed by atoms with E-state index in [0.717, 1.165) is 13.1 Å². The summed E-state index contributed by atoms with van der Waals surface area (Å²) in [5.74, 6) is -1.26. The number of ether oxygens (including phenoxy) is 1. The van der Waals surface area contributed by atoms with Crippen molar-refractivity contribution < 1.29 is 19.4 Å². The van der Waals surface area contributed by atoms with E-state index in [4.69, 9.17) is 9.84 Å². The molecule has 0 radical (unpaired) electrons. The lowest BCUT2D eigenvalue weighted by Gasteiger charge is -2.30. The lowest BCUT2D eigenvalue weighted by atomic mass is 10.2. The molecule has 0 aliphatic carbocycles. The zero-order valence-electron chi connectivity index (χ0n) is 11.4. The smallest absolute Gasteiger partial charge is 0.323 e. The molecule has 7 heteroatoms. The topological polar surface area (TPSA) is 83.8 Å². The van der Waals surface area contributed by atoms with Gasteiger partial charge in [-0.15, -0.1) is 0 Å². The summed E-state index contributed by atoms with van der Waals surface area (Å²) in [4.78, 5) is 24.9. The molecule has 7 nitrogen and oxygen atoms in total. The average molecular weight is 281 g/mol. The number of morpholine rings is 1. The van der Waals surface area contributed by atoms with Crippen molar-refractivity contribution in [3.63, 3.8) is 0 Å². The molecule has 1 atom stereocenters. The van der Waals surface area contributed by atoms with Crippen LogP contribution in [0.1, 0.15) is 10.5 Å². The number of nitrogens with one attached hydrogen (secondary N) is 1. The second-order valence-corrected chi connectivity index (χ2v) is 4.88. The van der Waals surface area contributed by atoms with Crippen LogP contribution < -0.4 is 5.32 Å². The lowest BCUT2D eigenvalue weighted by molar-refractivity contribution is -0.137. The van der Waals surface area contributed by atoms with Gasteiger partial charge in [0.25, 0.3) is 5.91 Å². The number of nitrogens with zero attached hydrogens (tertiary/aromatic N) is 2. The first-order valence-corrected chi connectivity index (χ1v) is 6.51. The first kappa shape index (κ1) is 14.5. The highest BCUT2D eigenvalue weighted by atomic mass is 16.5. The highest BCUT2D eigenvalue weighted by Gasteiger charge is 2.19. The Morgan fingerprint density at radius 3 is 3.05 bits per heavy atom. The Morgan fingerprint density at radius 1 is 1.55 bits per heavy atom. The molecule has 1 aliphatic heterocycles. The van der Waals surface area contributed by atoms with Gasteiger partial charge in [0.05, 0.1) is 12.7 Å². The second-order valence-electron chi connectivity index (χ2n) is 4.88. The Kier molecular flexibility index (Phi) is 4.75. The average Bonchev–Trinajstić information content (AvgIpc) is 2.83. The van der Waals surface area contributed by atoms with Crippen molar-refractivity contribution >= 4 is 11.9 Å². The third-order valence-corrected chi connectivity index (χ3v) is 3.20. The van der Waals surface area contributed by atoms with Gasteiger partial charge in [-0.1, -0.05) is 0 Å². The van der Waals surface area contributed by atoms with E-state index in [-0.39, 0.29) is 18.6 Å². The molecule has 1 aliphatic rings. The van der Waals surface area contributed by atoms with Crippen LogP contribution in [0.3, 0.4) is 0 Å². The quantitative estimate of drug-likeness (QED) is 0.769. The minimum atomic E-state index is -0.979. The number of amides is 1. The van der Waals surface area contributed by atoms with Crippen LogP contribution in [-0.2, 0) is 16.1 Å². The van der Waals surface area contributed by atoms with Gasteiger partial charge in [0.2, 0.25) is 0 Å². The first-order valence-electron chi connectivity index (χ1n) is 6.51. The van der Waals surface area contributed by atoms with Crippen LogP contribution in [0.5, 0.6) is 0 Å².